The zero-order chi connectivity index (χ0) is 11.0. The number of esters is 1. The molecular formula is C8H14N2O4. The first-order valence-electron chi connectivity index (χ1n) is 4.14. The highest BCUT2D eigenvalue weighted by Crippen LogP contribution is 1.78. The Bertz CT molecular complexity index is 227. The third-order valence-electron chi connectivity index (χ3n) is 1.38. The van der Waals surface area contributed by atoms with Crippen molar-refractivity contribution in [2.75, 3.05) is 20.2 Å². The van der Waals surface area contributed by atoms with Gasteiger partial charge in [0.05, 0.1) is 7.11 Å². The molecule has 0 atom stereocenters. The summed E-state index contributed by atoms with van der Waals surface area (Å²) >= 11 is 0. The Morgan fingerprint density at radius 2 is 1.86 bits per heavy atom. The van der Waals surface area contributed by atoms with E-state index in [1.807, 2.05) is 0 Å². The second-order valence-corrected chi connectivity index (χ2v) is 2.59. The quantitative estimate of drug-likeness (QED) is 0.548. The predicted octanol–water partition coefficient (Wildman–Crippen LogP) is -1.20. The molecule has 0 rings (SSSR count). The third-order valence-corrected chi connectivity index (χ3v) is 1.38. The maximum absolute atomic E-state index is 11.0. The Kier molecular flexibility index (Phi) is 6.09. The van der Waals surface area contributed by atoms with Crippen LogP contribution in [0.5, 0.6) is 0 Å². The fourth-order valence-corrected chi connectivity index (χ4v) is 0.683. The number of rotatable bonds is 5. The molecule has 0 aliphatic heterocycles. The topological polar surface area (TPSA) is 84.5 Å². The first-order valence-corrected chi connectivity index (χ1v) is 4.14. The van der Waals surface area contributed by atoms with Crippen LogP contribution in [0.1, 0.15) is 13.3 Å². The summed E-state index contributed by atoms with van der Waals surface area (Å²) < 4.78 is 4.32. The van der Waals surface area contributed by atoms with Crippen molar-refractivity contribution in [2.45, 2.75) is 13.3 Å². The minimum absolute atomic E-state index is 0.143. The van der Waals surface area contributed by atoms with Crippen molar-refractivity contribution < 1.29 is 19.1 Å². The number of hydrogen-bond donors (Lipinski definition) is 2. The predicted molar refractivity (Wildman–Crippen MR) is 48.3 cm³/mol. The van der Waals surface area contributed by atoms with E-state index >= 15 is 0 Å². The molecule has 0 aromatic heterocycles. The minimum atomic E-state index is -0.502. The van der Waals surface area contributed by atoms with Gasteiger partial charge in [-0.1, -0.05) is 0 Å². The molecule has 0 aromatic rings. The molecule has 0 heterocycles. The zero-order valence-corrected chi connectivity index (χ0v) is 8.25. The van der Waals surface area contributed by atoms with Gasteiger partial charge < -0.3 is 15.4 Å². The minimum Gasteiger partial charge on any atom is -0.468 e. The molecule has 0 spiro atoms. The largest absolute Gasteiger partial charge is 0.468 e. The van der Waals surface area contributed by atoms with E-state index in [1.165, 1.54) is 14.0 Å². The summed E-state index contributed by atoms with van der Waals surface area (Å²) in [4.78, 5) is 32.0. The molecule has 0 radical (unpaired) electrons. The van der Waals surface area contributed by atoms with Crippen LogP contribution in [0.2, 0.25) is 0 Å². The van der Waals surface area contributed by atoms with Crippen molar-refractivity contribution in [3.8, 4) is 0 Å². The molecule has 80 valence electrons. The molecule has 0 saturated heterocycles. The van der Waals surface area contributed by atoms with Gasteiger partial charge in [0.25, 0.3) is 0 Å². The van der Waals surface area contributed by atoms with Gasteiger partial charge in [0, 0.05) is 19.9 Å². The third kappa shape index (κ3) is 7.08. The molecule has 0 unspecified atom stereocenters. The van der Waals surface area contributed by atoms with Gasteiger partial charge in [-0.2, -0.15) is 0 Å². The smallest absolute Gasteiger partial charge is 0.325 e. The monoisotopic (exact) mass is 202 g/mol. The van der Waals surface area contributed by atoms with Crippen LogP contribution in [-0.2, 0) is 19.1 Å². The van der Waals surface area contributed by atoms with Crippen molar-refractivity contribution in [1.82, 2.24) is 10.6 Å². The number of amides is 2. The highest BCUT2D eigenvalue weighted by molar-refractivity contribution is 5.82. The summed E-state index contributed by atoms with van der Waals surface area (Å²) in [6, 6.07) is 0. The van der Waals surface area contributed by atoms with E-state index in [-0.39, 0.29) is 31.3 Å². The van der Waals surface area contributed by atoms with E-state index in [1.54, 1.807) is 0 Å². The lowest BCUT2D eigenvalue weighted by Gasteiger charge is -2.03. The van der Waals surface area contributed by atoms with Gasteiger partial charge in [-0.3, -0.25) is 14.4 Å². The van der Waals surface area contributed by atoms with Gasteiger partial charge in [0.1, 0.15) is 6.54 Å². The summed E-state index contributed by atoms with van der Waals surface area (Å²) in [5.41, 5.74) is 0. The SMILES string of the molecule is COC(=O)CNC(=O)CCNC(C)=O. The van der Waals surface area contributed by atoms with Crippen LogP contribution < -0.4 is 10.6 Å². The Morgan fingerprint density at radius 3 is 2.36 bits per heavy atom. The number of ether oxygens (including phenoxy) is 1. The summed E-state index contributed by atoms with van der Waals surface area (Å²) in [7, 11) is 1.24. The summed E-state index contributed by atoms with van der Waals surface area (Å²) in [5.74, 6) is -0.993. The van der Waals surface area contributed by atoms with Crippen LogP contribution in [0.4, 0.5) is 0 Å². The second kappa shape index (κ2) is 6.88. The van der Waals surface area contributed by atoms with E-state index in [9.17, 15) is 14.4 Å². The van der Waals surface area contributed by atoms with E-state index in [2.05, 4.69) is 15.4 Å². The van der Waals surface area contributed by atoms with Crippen LogP contribution in [0.15, 0.2) is 0 Å². The zero-order valence-electron chi connectivity index (χ0n) is 8.25. The van der Waals surface area contributed by atoms with Gasteiger partial charge in [0.2, 0.25) is 11.8 Å². The molecule has 0 aliphatic rings. The van der Waals surface area contributed by atoms with Gasteiger partial charge >= 0.3 is 5.97 Å². The van der Waals surface area contributed by atoms with Crippen LogP contribution >= 0.6 is 0 Å². The van der Waals surface area contributed by atoms with E-state index < -0.39 is 5.97 Å². The molecule has 14 heavy (non-hydrogen) atoms. The summed E-state index contributed by atoms with van der Waals surface area (Å²) in [6.07, 6.45) is 0.149. The molecule has 0 fully saturated rings. The lowest BCUT2D eigenvalue weighted by atomic mass is 10.4. The summed E-state index contributed by atoms with van der Waals surface area (Å²) in [5, 5.41) is 4.80. The van der Waals surface area contributed by atoms with Gasteiger partial charge in [-0.25, -0.2) is 0 Å². The highest BCUT2D eigenvalue weighted by Gasteiger charge is 2.04. The normalized spacial score (nSPS) is 9.00. The Hall–Kier alpha value is -1.59. The Balaban J connectivity index is 3.46. The van der Waals surface area contributed by atoms with Crippen molar-refractivity contribution in [1.29, 1.82) is 0 Å². The van der Waals surface area contributed by atoms with E-state index in [0.717, 1.165) is 0 Å². The van der Waals surface area contributed by atoms with Crippen molar-refractivity contribution in [3.63, 3.8) is 0 Å². The first kappa shape index (κ1) is 12.4. The second-order valence-electron chi connectivity index (χ2n) is 2.59. The van der Waals surface area contributed by atoms with Gasteiger partial charge in [-0.15, -0.1) is 0 Å². The number of nitrogens with one attached hydrogen (secondary N) is 2. The average molecular weight is 202 g/mol. The molecule has 0 bridgehead atoms. The van der Waals surface area contributed by atoms with Crippen molar-refractivity contribution in [2.24, 2.45) is 0 Å². The number of carbonyl (C=O) groups is 3. The van der Waals surface area contributed by atoms with Crippen LogP contribution in [0, 0.1) is 0 Å². The molecule has 0 saturated carbocycles. The standard InChI is InChI=1S/C8H14N2O4/c1-6(11)9-4-3-7(12)10-5-8(13)14-2/h3-5H2,1-2H3,(H,9,11)(H,10,12). The molecule has 6 heteroatoms. The van der Waals surface area contributed by atoms with E-state index in [4.69, 9.17) is 0 Å². The number of carbonyl (C=O) groups excluding carboxylic acids is 3. The van der Waals surface area contributed by atoms with Gasteiger partial charge in [-0.05, 0) is 0 Å². The average Bonchev–Trinajstić information content (AvgIpc) is 2.13. The highest BCUT2D eigenvalue weighted by atomic mass is 16.5. The molecule has 2 amide bonds. The maximum atomic E-state index is 11.0. The lowest BCUT2D eigenvalue weighted by molar-refractivity contribution is -0.141. The number of hydrogen-bond acceptors (Lipinski definition) is 4. The molecule has 2 N–H and O–H groups in total. The molecule has 0 aromatic carbocycles. The van der Waals surface area contributed by atoms with Crippen LogP contribution in [-0.4, -0.2) is 38.0 Å². The van der Waals surface area contributed by atoms with E-state index in [0.29, 0.717) is 0 Å². The van der Waals surface area contributed by atoms with Crippen molar-refractivity contribution in [3.05, 3.63) is 0 Å². The van der Waals surface area contributed by atoms with Gasteiger partial charge in [0.15, 0.2) is 0 Å². The molecule has 6 nitrogen and oxygen atoms in total. The maximum Gasteiger partial charge on any atom is 0.325 e. The fraction of sp³-hybridized carbons (Fsp3) is 0.625. The summed E-state index contributed by atoms with van der Waals surface area (Å²) in [6.45, 7) is 1.49. The lowest BCUT2D eigenvalue weighted by Crippen LogP contribution is -2.33. The fourth-order valence-electron chi connectivity index (χ4n) is 0.683. The first-order chi connectivity index (χ1) is 6.56. The Morgan fingerprint density at radius 1 is 1.21 bits per heavy atom. The molecular weight excluding hydrogens is 188 g/mol. The van der Waals surface area contributed by atoms with Crippen molar-refractivity contribution >= 4 is 17.8 Å². The Labute approximate surface area is 82.0 Å². The molecule has 0 aliphatic carbocycles. The van der Waals surface area contributed by atoms with Crippen LogP contribution in [0.25, 0.3) is 0 Å². The van der Waals surface area contributed by atoms with Crippen LogP contribution in [0.3, 0.4) is 0 Å². The number of methoxy groups -OCH3 is 1.